The Morgan fingerprint density at radius 2 is 1.75 bits per heavy atom. The first kappa shape index (κ1) is 15.9. The van der Waals surface area contributed by atoms with Crippen molar-refractivity contribution in [2.45, 2.75) is 19.9 Å². The van der Waals surface area contributed by atoms with Crippen molar-refractivity contribution in [3.8, 4) is 11.5 Å². The van der Waals surface area contributed by atoms with Crippen LogP contribution in [0.15, 0.2) is 42.5 Å². The molecule has 6 nitrogen and oxygen atoms in total. The van der Waals surface area contributed by atoms with Crippen molar-refractivity contribution >= 4 is 17.5 Å². The number of hydrogen-bond donors (Lipinski definition) is 2. The molecule has 24 heavy (non-hydrogen) atoms. The average molecular weight is 326 g/mol. The minimum absolute atomic E-state index is 0.0116. The maximum Gasteiger partial charge on any atom is 0.319 e. The van der Waals surface area contributed by atoms with Gasteiger partial charge >= 0.3 is 6.03 Å². The first-order valence-corrected chi connectivity index (χ1v) is 7.61. The zero-order valence-electron chi connectivity index (χ0n) is 13.5. The molecule has 1 aliphatic heterocycles. The molecule has 0 saturated carbocycles. The lowest BCUT2D eigenvalue weighted by Crippen LogP contribution is -2.31. The molecule has 1 unspecified atom stereocenters. The molecule has 1 atom stereocenters. The van der Waals surface area contributed by atoms with E-state index in [2.05, 4.69) is 10.6 Å². The van der Waals surface area contributed by atoms with Crippen LogP contribution in [-0.4, -0.2) is 18.6 Å². The van der Waals surface area contributed by atoms with E-state index in [9.17, 15) is 9.59 Å². The number of carbonyl (C=O) groups excluding carboxylic acids is 2. The summed E-state index contributed by atoms with van der Waals surface area (Å²) in [5, 5.41) is 5.60. The van der Waals surface area contributed by atoms with Gasteiger partial charge in [-0.3, -0.25) is 4.79 Å². The summed E-state index contributed by atoms with van der Waals surface area (Å²) >= 11 is 0. The third-order valence-electron chi connectivity index (χ3n) is 3.79. The summed E-state index contributed by atoms with van der Waals surface area (Å²) in [6.07, 6.45) is 0. The molecule has 0 saturated heterocycles. The van der Waals surface area contributed by atoms with Gasteiger partial charge < -0.3 is 20.1 Å². The highest BCUT2D eigenvalue weighted by molar-refractivity contribution is 5.95. The average Bonchev–Trinajstić information content (AvgIpc) is 3.02. The molecule has 0 radical (unpaired) electrons. The topological polar surface area (TPSA) is 76.7 Å². The molecule has 0 spiro atoms. The normalized spacial score (nSPS) is 13.2. The lowest BCUT2D eigenvalue weighted by Gasteiger charge is -2.15. The second kappa shape index (κ2) is 6.62. The van der Waals surface area contributed by atoms with Gasteiger partial charge in [0, 0.05) is 11.3 Å². The molecule has 2 N–H and O–H groups in total. The Labute approximate surface area is 139 Å². The van der Waals surface area contributed by atoms with Gasteiger partial charge in [0.15, 0.2) is 17.3 Å². The fraction of sp³-hybridized carbons (Fsp3) is 0.222. The fourth-order valence-corrected chi connectivity index (χ4v) is 2.42. The predicted octanol–water partition coefficient (Wildman–Crippen LogP) is 3.50. The predicted molar refractivity (Wildman–Crippen MR) is 89.6 cm³/mol. The zero-order chi connectivity index (χ0) is 17.1. The molecule has 124 valence electrons. The lowest BCUT2D eigenvalue weighted by molar-refractivity contribution is 0.101. The molecule has 1 heterocycles. The van der Waals surface area contributed by atoms with Crippen LogP contribution in [0.3, 0.4) is 0 Å². The number of hydrogen-bond acceptors (Lipinski definition) is 4. The minimum Gasteiger partial charge on any atom is -0.454 e. The molecular formula is C18H18N2O4. The van der Waals surface area contributed by atoms with Crippen LogP contribution < -0.4 is 20.1 Å². The van der Waals surface area contributed by atoms with Gasteiger partial charge in [-0.25, -0.2) is 4.79 Å². The number of ketones is 1. The quantitative estimate of drug-likeness (QED) is 0.843. The zero-order valence-corrected chi connectivity index (χ0v) is 13.5. The van der Waals surface area contributed by atoms with Crippen molar-refractivity contribution in [2.75, 3.05) is 12.1 Å². The molecular weight excluding hydrogens is 308 g/mol. The molecule has 0 aliphatic carbocycles. The molecule has 0 fully saturated rings. The Balaban J connectivity index is 1.60. The molecule has 0 aromatic heterocycles. The fourth-order valence-electron chi connectivity index (χ4n) is 2.42. The highest BCUT2D eigenvalue weighted by Gasteiger charge is 2.16. The van der Waals surface area contributed by atoms with Crippen molar-refractivity contribution < 1.29 is 19.1 Å². The van der Waals surface area contributed by atoms with Crippen molar-refractivity contribution in [3.05, 3.63) is 53.6 Å². The highest BCUT2D eigenvalue weighted by Crippen LogP contribution is 2.34. The first-order chi connectivity index (χ1) is 11.5. The van der Waals surface area contributed by atoms with E-state index in [0.717, 1.165) is 5.56 Å². The Morgan fingerprint density at radius 1 is 1.04 bits per heavy atom. The Bertz CT molecular complexity index is 771. The largest absolute Gasteiger partial charge is 0.454 e. The van der Waals surface area contributed by atoms with Crippen LogP contribution >= 0.6 is 0 Å². The van der Waals surface area contributed by atoms with E-state index in [1.165, 1.54) is 6.92 Å². The summed E-state index contributed by atoms with van der Waals surface area (Å²) in [6, 6.07) is 11.8. The molecule has 2 aromatic rings. The van der Waals surface area contributed by atoms with Gasteiger partial charge in [-0.1, -0.05) is 6.07 Å². The van der Waals surface area contributed by atoms with Crippen molar-refractivity contribution in [2.24, 2.45) is 0 Å². The van der Waals surface area contributed by atoms with E-state index in [0.29, 0.717) is 22.7 Å². The Morgan fingerprint density at radius 3 is 2.46 bits per heavy atom. The maximum atomic E-state index is 12.1. The number of benzene rings is 2. The molecule has 2 amide bonds. The second-order valence-electron chi connectivity index (χ2n) is 5.57. The number of nitrogens with one attached hydrogen (secondary N) is 2. The first-order valence-electron chi connectivity index (χ1n) is 7.61. The SMILES string of the molecule is CC(=O)c1ccc(NC(=O)NC(C)c2ccc3c(c2)OCO3)cc1. The van der Waals surface area contributed by atoms with Gasteiger partial charge in [0.05, 0.1) is 6.04 Å². The monoisotopic (exact) mass is 326 g/mol. The second-order valence-corrected chi connectivity index (χ2v) is 5.57. The lowest BCUT2D eigenvalue weighted by atomic mass is 10.1. The molecule has 0 bridgehead atoms. The number of ether oxygens (including phenoxy) is 2. The van der Waals surface area contributed by atoms with Crippen LogP contribution in [-0.2, 0) is 0 Å². The van der Waals surface area contributed by atoms with Crippen LogP contribution in [0.2, 0.25) is 0 Å². The summed E-state index contributed by atoms with van der Waals surface area (Å²) < 4.78 is 10.6. The van der Waals surface area contributed by atoms with E-state index >= 15 is 0 Å². The minimum atomic E-state index is -0.323. The number of Topliss-reactive ketones (excluding diaryl/α,β-unsaturated/α-hetero) is 1. The van der Waals surface area contributed by atoms with Gasteiger partial charge in [-0.05, 0) is 55.8 Å². The summed E-state index contributed by atoms with van der Waals surface area (Å²) in [4.78, 5) is 23.3. The number of rotatable bonds is 4. The number of carbonyl (C=O) groups is 2. The van der Waals surface area contributed by atoms with E-state index in [4.69, 9.17) is 9.47 Å². The summed E-state index contributed by atoms with van der Waals surface area (Å²) in [6.45, 7) is 3.61. The number of fused-ring (bicyclic) bond motifs is 1. The van der Waals surface area contributed by atoms with Crippen LogP contribution in [0.5, 0.6) is 11.5 Å². The molecule has 3 rings (SSSR count). The Hall–Kier alpha value is -3.02. The number of amides is 2. The van der Waals surface area contributed by atoms with Crippen LogP contribution in [0, 0.1) is 0 Å². The van der Waals surface area contributed by atoms with Crippen LogP contribution in [0.1, 0.15) is 35.8 Å². The van der Waals surface area contributed by atoms with E-state index < -0.39 is 0 Å². The summed E-state index contributed by atoms with van der Waals surface area (Å²) in [5.41, 5.74) is 2.14. The maximum absolute atomic E-state index is 12.1. The number of anilines is 1. The summed E-state index contributed by atoms with van der Waals surface area (Å²) in [5.74, 6) is 1.38. The molecule has 6 heteroatoms. The van der Waals surface area contributed by atoms with Crippen molar-refractivity contribution in [1.29, 1.82) is 0 Å². The Kier molecular flexibility index (Phi) is 4.37. The van der Waals surface area contributed by atoms with Gasteiger partial charge in [-0.2, -0.15) is 0 Å². The third-order valence-corrected chi connectivity index (χ3v) is 3.79. The van der Waals surface area contributed by atoms with Crippen LogP contribution in [0.4, 0.5) is 10.5 Å². The van der Waals surface area contributed by atoms with Gasteiger partial charge in [-0.15, -0.1) is 0 Å². The smallest absolute Gasteiger partial charge is 0.319 e. The van der Waals surface area contributed by atoms with Gasteiger partial charge in [0.1, 0.15) is 0 Å². The number of urea groups is 1. The standard InChI is InChI=1S/C18H18N2O4/c1-11(14-5-8-16-17(9-14)24-10-23-16)19-18(22)20-15-6-3-13(4-7-15)12(2)21/h3-9,11H,10H2,1-2H3,(H2,19,20,22). The van der Waals surface area contributed by atoms with E-state index in [1.807, 2.05) is 25.1 Å². The van der Waals surface area contributed by atoms with Crippen molar-refractivity contribution in [1.82, 2.24) is 5.32 Å². The third kappa shape index (κ3) is 3.48. The molecule has 2 aromatic carbocycles. The highest BCUT2D eigenvalue weighted by atomic mass is 16.7. The van der Waals surface area contributed by atoms with Gasteiger partial charge in [0.2, 0.25) is 6.79 Å². The van der Waals surface area contributed by atoms with E-state index in [1.54, 1.807) is 24.3 Å². The van der Waals surface area contributed by atoms with E-state index in [-0.39, 0.29) is 24.6 Å². The van der Waals surface area contributed by atoms with Crippen LogP contribution in [0.25, 0.3) is 0 Å². The van der Waals surface area contributed by atoms with Crippen molar-refractivity contribution in [3.63, 3.8) is 0 Å². The van der Waals surface area contributed by atoms with Gasteiger partial charge in [0.25, 0.3) is 0 Å². The summed E-state index contributed by atoms with van der Waals surface area (Å²) in [7, 11) is 0. The molecule has 1 aliphatic rings.